The number of pyridine rings is 1. The molecule has 0 radical (unpaired) electrons. The van der Waals surface area contributed by atoms with Crippen LogP contribution in [0.4, 0.5) is 5.69 Å². The normalized spacial score (nSPS) is 14.8. The summed E-state index contributed by atoms with van der Waals surface area (Å²) < 4.78 is 7.71. The Bertz CT molecular complexity index is 1050. The van der Waals surface area contributed by atoms with Crippen LogP contribution in [0.3, 0.4) is 0 Å². The molecule has 0 fully saturated rings. The number of fused-ring (bicyclic) bond motifs is 2. The molecular formula is C22H22ClN2OS+. The van der Waals surface area contributed by atoms with Crippen LogP contribution in [0.2, 0.25) is 5.02 Å². The van der Waals surface area contributed by atoms with Crippen LogP contribution in [-0.4, -0.2) is 13.7 Å². The maximum absolute atomic E-state index is 6.22. The molecule has 0 spiro atoms. The first-order valence-electron chi connectivity index (χ1n) is 9.11. The molecule has 0 saturated carbocycles. The highest BCUT2D eigenvalue weighted by Gasteiger charge is 2.25. The molecule has 0 unspecified atom stereocenters. The van der Waals surface area contributed by atoms with E-state index in [4.69, 9.17) is 16.3 Å². The van der Waals surface area contributed by atoms with E-state index in [0.717, 1.165) is 23.9 Å². The van der Waals surface area contributed by atoms with Gasteiger partial charge in [0.05, 0.1) is 23.2 Å². The second-order valence-electron chi connectivity index (χ2n) is 6.37. The number of aryl methyl sites for hydroxylation is 1. The van der Waals surface area contributed by atoms with Crippen LogP contribution in [0.1, 0.15) is 19.5 Å². The van der Waals surface area contributed by atoms with Crippen LogP contribution in [0.15, 0.2) is 58.5 Å². The number of thioether (sulfide) groups is 1. The Kier molecular flexibility index (Phi) is 5.02. The van der Waals surface area contributed by atoms with E-state index in [1.54, 1.807) is 18.9 Å². The molecule has 1 aromatic heterocycles. The molecule has 1 aliphatic heterocycles. The predicted octanol–water partition coefficient (Wildman–Crippen LogP) is 5.74. The second-order valence-corrected chi connectivity index (χ2v) is 7.87. The van der Waals surface area contributed by atoms with Gasteiger partial charge in [0, 0.05) is 34.7 Å². The number of halogens is 1. The van der Waals surface area contributed by atoms with Gasteiger partial charge in [0.25, 0.3) is 0 Å². The molecule has 5 heteroatoms. The number of hydrogen-bond donors (Lipinski definition) is 0. The molecule has 0 saturated heterocycles. The fourth-order valence-electron chi connectivity index (χ4n) is 3.56. The molecule has 1 aliphatic rings. The van der Waals surface area contributed by atoms with Crippen molar-refractivity contribution < 1.29 is 9.30 Å². The largest absolute Gasteiger partial charge is 0.497 e. The maximum atomic E-state index is 6.22. The molecule has 0 atom stereocenters. The van der Waals surface area contributed by atoms with Gasteiger partial charge in [-0.1, -0.05) is 23.4 Å². The molecule has 3 nitrogen and oxygen atoms in total. The zero-order chi connectivity index (χ0) is 19.0. The van der Waals surface area contributed by atoms with Crippen LogP contribution in [-0.2, 0) is 6.54 Å². The summed E-state index contributed by atoms with van der Waals surface area (Å²) >= 11 is 8.02. The van der Waals surface area contributed by atoms with Gasteiger partial charge in [-0.15, -0.1) is 0 Å². The Morgan fingerprint density at radius 3 is 2.70 bits per heavy atom. The Morgan fingerprint density at radius 1 is 1.11 bits per heavy atom. The minimum atomic E-state index is 0.775. The third-order valence-electron chi connectivity index (χ3n) is 4.87. The predicted molar refractivity (Wildman–Crippen MR) is 115 cm³/mol. The summed E-state index contributed by atoms with van der Waals surface area (Å²) in [6.07, 6.45) is 2.27. The van der Waals surface area contributed by atoms with Crippen LogP contribution in [0.5, 0.6) is 5.75 Å². The van der Waals surface area contributed by atoms with E-state index < -0.39 is 0 Å². The number of ether oxygens (including phenoxy) is 1. The summed E-state index contributed by atoms with van der Waals surface area (Å²) in [5, 5.41) is 3.18. The monoisotopic (exact) mass is 397 g/mol. The lowest BCUT2D eigenvalue weighted by Crippen LogP contribution is -2.37. The SMILES string of the molecule is CCN1/C(=C/c2ccc3cc(OC)ccc3[n+]2CC)Sc2ccc(Cl)cc21. The van der Waals surface area contributed by atoms with E-state index in [1.807, 2.05) is 12.1 Å². The molecule has 0 amide bonds. The van der Waals surface area contributed by atoms with Gasteiger partial charge in [-0.3, -0.25) is 0 Å². The molecule has 0 N–H and O–H groups in total. The van der Waals surface area contributed by atoms with E-state index in [0.29, 0.717) is 0 Å². The van der Waals surface area contributed by atoms with Gasteiger partial charge in [0.2, 0.25) is 11.2 Å². The molecule has 138 valence electrons. The Labute approximate surface area is 169 Å². The van der Waals surface area contributed by atoms with Crippen molar-refractivity contribution in [1.29, 1.82) is 0 Å². The summed E-state index contributed by atoms with van der Waals surface area (Å²) in [6, 6.07) is 16.7. The minimum Gasteiger partial charge on any atom is -0.497 e. The van der Waals surface area contributed by atoms with Crippen LogP contribution >= 0.6 is 23.4 Å². The van der Waals surface area contributed by atoms with Crippen molar-refractivity contribution in [2.75, 3.05) is 18.6 Å². The lowest BCUT2D eigenvalue weighted by molar-refractivity contribution is -0.669. The number of benzene rings is 2. The fourth-order valence-corrected chi connectivity index (χ4v) is 4.88. The Hall–Kier alpha value is -2.17. The molecule has 3 aromatic rings. The van der Waals surface area contributed by atoms with Crippen molar-refractivity contribution in [3.05, 3.63) is 64.3 Å². The first-order chi connectivity index (χ1) is 13.1. The fraction of sp³-hybridized carbons (Fsp3) is 0.227. The molecular weight excluding hydrogens is 376 g/mol. The number of nitrogens with zero attached hydrogens (tertiary/aromatic N) is 2. The third kappa shape index (κ3) is 3.28. The quantitative estimate of drug-likeness (QED) is 0.522. The van der Waals surface area contributed by atoms with Gasteiger partial charge in [0.15, 0.2) is 0 Å². The summed E-state index contributed by atoms with van der Waals surface area (Å²) in [7, 11) is 1.70. The zero-order valence-electron chi connectivity index (χ0n) is 15.7. The Balaban J connectivity index is 1.81. The minimum absolute atomic E-state index is 0.775. The van der Waals surface area contributed by atoms with Crippen LogP contribution in [0, 0.1) is 0 Å². The second kappa shape index (κ2) is 7.45. The third-order valence-corrected chi connectivity index (χ3v) is 6.21. The molecule has 2 aromatic carbocycles. The van der Waals surface area contributed by atoms with Gasteiger partial charge in [-0.05, 0) is 50.2 Å². The topological polar surface area (TPSA) is 16.4 Å². The number of hydrogen-bond acceptors (Lipinski definition) is 3. The maximum Gasteiger partial charge on any atom is 0.213 e. The van der Waals surface area contributed by atoms with Gasteiger partial charge in [0.1, 0.15) is 12.3 Å². The van der Waals surface area contributed by atoms with Crippen molar-refractivity contribution in [2.24, 2.45) is 0 Å². The van der Waals surface area contributed by atoms with Crippen molar-refractivity contribution in [2.45, 2.75) is 25.3 Å². The summed E-state index contributed by atoms with van der Waals surface area (Å²) in [6.45, 7) is 6.16. The average Bonchev–Trinajstić information content (AvgIpc) is 3.03. The highest BCUT2D eigenvalue weighted by molar-refractivity contribution is 8.03. The molecule has 0 bridgehead atoms. The summed E-state index contributed by atoms with van der Waals surface area (Å²) in [5.74, 6) is 0.882. The average molecular weight is 398 g/mol. The van der Waals surface area contributed by atoms with Gasteiger partial charge >= 0.3 is 0 Å². The standard InChI is InChI=1S/C22H22ClN2OS/c1-4-24-17(8-6-15-12-18(26-3)9-10-19(15)24)14-22-25(5-2)20-13-16(23)7-11-21(20)27-22/h6-14H,4-5H2,1-3H3/q+1. The van der Waals surface area contributed by atoms with Gasteiger partial charge in [-0.25, -0.2) is 0 Å². The van der Waals surface area contributed by atoms with Crippen molar-refractivity contribution >= 4 is 46.0 Å². The van der Waals surface area contributed by atoms with Crippen LogP contribution < -0.4 is 14.2 Å². The van der Waals surface area contributed by atoms with E-state index in [1.165, 1.54) is 32.2 Å². The van der Waals surface area contributed by atoms with E-state index >= 15 is 0 Å². The number of rotatable bonds is 4. The number of anilines is 1. The van der Waals surface area contributed by atoms with E-state index in [-0.39, 0.29) is 0 Å². The van der Waals surface area contributed by atoms with Crippen LogP contribution in [0.25, 0.3) is 17.0 Å². The lowest BCUT2D eigenvalue weighted by atomic mass is 10.1. The van der Waals surface area contributed by atoms with Crippen molar-refractivity contribution in [3.63, 3.8) is 0 Å². The van der Waals surface area contributed by atoms with Crippen molar-refractivity contribution in [1.82, 2.24) is 0 Å². The summed E-state index contributed by atoms with van der Waals surface area (Å²) in [4.78, 5) is 3.57. The number of aromatic nitrogens is 1. The molecule has 0 aliphatic carbocycles. The lowest BCUT2D eigenvalue weighted by Gasteiger charge is -2.18. The molecule has 27 heavy (non-hydrogen) atoms. The molecule has 2 heterocycles. The highest BCUT2D eigenvalue weighted by Crippen LogP contribution is 2.47. The zero-order valence-corrected chi connectivity index (χ0v) is 17.3. The first-order valence-corrected chi connectivity index (χ1v) is 10.3. The number of methoxy groups -OCH3 is 1. The van der Waals surface area contributed by atoms with E-state index in [2.05, 4.69) is 65.8 Å². The van der Waals surface area contributed by atoms with Gasteiger partial charge < -0.3 is 9.64 Å². The van der Waals surface area contributed by atoms with Gasteiger partial charge in [-0.2, -0.15) is 4.57 Å². The smallest absolute Gasteiger partial charge is 0.213 e. The first kappa shape index (κ1) is 18.2. The van der Waals surface area contributed by atoms with Crippen molar-refractivity contribution in [3.8, 4) is 5.75 Å². The highest BCUT2D eigenvalue weighted by atomic mass is 35.5. The Morgan fingerprint density at radius 2 is 1.96 bits per heavy atom. The summed E-state index contributed by atoms with van der Waals surface area (Å²) in [5.41, 5.74) is 3.59. The van der Waals surface area contributed by atoms with E-state index in [9.17, 15) is 0 Å². The molecule has 4 rings (SSSR count).